The number of sulfonamides is 1. The summed E-state index contributed by atoms with van der Waals surface area (Å²) in [7, 11) is -3.74. The zero-order chi connectivity index (χ0) is 16.3. The number of nitrogens with zero attached hydrogens (tertiary/aromatic N) is 1. The Labute approximate surface area is 134 Å². The van der Waals surface area contributed by atoms with Crippen molar-refractivity contribution in [3.05, 3.63) is 59.1 Å². The van der Waals surface area contributed by atoms with Crippen molar-refractivity contribution in [3.63, 3.8) is 0 Å². The van der Waals surface area contributed by atoms with E-state index >= 15 is 0 Å². The molecule has 1 N–H and O–H groups in total. The van der Waals surface area contributed by atoms with E-state index in [-0.39, 0.29) is 21.8 Å². The Hall–Kier alpha value is -1.50. The van der Waals surface area contributed by atoms with Crippen LogP contribution in [-0.2, 0) is 10.0 Å². The maximum Gasteiger partial charge on any atom is 0.242 e. The highest BCUT2D eigenvalue weighted by Crippen LogP contribution is 2.24. The number of hydrogen-bond acceptors (Lipinski definition) is 3. The van der Waals surface area contributed by atoms with E-state index in [1.807, 2.05) is 13.8 Å². The fraction of sp³-hybridized carbons (Fsp3) is 0.267. The Bertz CT molecular complexity index is 731. The number of halogens is 2. The Morgan fingerprint density at radius 2 is 1.77 bits per heavy atom. The van der Waals surface area contributed by atoms with E-state index in [1.165, 1.54) is 30.5 Å². The van der Waals surface area contributed by atoms with Crippen LogP contribution in [0.1, 0.15) is 25.5 Å². The Morgan fingerprint density at radius 3 is 2.27 bits per heavy atom. The first kappa shape index (κ1) is 16.9. The van der Waals surface area contributed by atoms with E-state index in [4.69, 9.17) is 11.6 Å². The van der Waals surface area contributed by atoms with Crippen LogP contribution in [-0.4, -0.2) is 13.4 Å². The molecule has 0 spiro atoms. The lowest BCUT2D eigenvalue weighted by atomic mass is 9.97. The van der Waals surface area contributed by atoms with Crippen LogP contribution in [0.15, 0.2) is 47.5 Å². The third kappa shape index (κ3) is 4.03. The first-order chi connectivity index (χ1) is 10.3. The highest BCUT2D eigenvalue weighted by atomic mass is 35.5. The van der Waals surface area contributed by atoms with E-state index in [0.717, 1.165) is 0 Å². The molecule has 0 radical (unpaired) electrons. The molecule has 1 aromatic carbocycles. The zero-order valence-electron chi connectivity index (χ0n) is 12.1. The number of aromatic nitrogens is 1. The molecule has 4 nitrogen and oxygen atoms in total. The first-order valence-electron chi connectivity index (χ1n) is 6.69. The minimum absolute atomic E-state index is 0.0134. The van der Waals surface area contributed by atoms with Crippen molar-refractivity contribution in [2.24, 2.45) is 5.92 Å². The minimum atomic E-state index is -3.74. The predicted octanol–water partition coefficient (Wildman–Crippen LogP) is 3.55. The highest BCUT2D eigenvalue weighted by Gasteiger charge is 2.24. The second-order valence-electron chi connectivity index (χ2n) is 5.21. The van der Waals surface area contributed by atoms with Gasteiger partial charge in [0.05, 0.1) is 0 Å². The van der Waals surface area contributed by atoms with Crippen molar-refractivity contribution in [2.75, 3.05) is 0 Å². The highest BCUT2D eigenvalue weighted by molar-refractivity contribution is 7.89. The van der Waals surface area contributed by atoms with E-state index in [9.17, 15) is 12.8 Å². The Morgan fingerprint density at radius 1 is 1.14 bits per heavy atom. The van der Waals surface area contributed by atoms with Gasteiger partial charge in [-0.25, -0.2) is 22.5 Å². The van der Waals surface area contributed by atoms with Gasteiger partial charge in [-0.15, -0.1) is 0 Å². The fourth-order valence-corrected chi connectivity index (χ4v) is 3.44. The van der Waals surface area contributed by atoms with Crippen LogP contribution in [0.2, 0.25) is 5.15 Å². The molecule has 0 aliphatic carbocycles. The summed E-state index contributed by atoms with van der Waals surface area (Å²) < 4.78 is 40.5. The maximum atomic E-state index is 13.0. The summed E-state index contributed by atoms with van der Waals surface area (Å²) in [6, 6.07) is 8.09. The van der Waals surface area contributed by atoms with Crippen molar-refractivity contribution in [3.8, 4) is 0 Å². The van der Waals surface area contributed by atoms with E-state index in [2.05, 4.69) is 9.71 Å². The van der Waals surface area contributed by atoms with E-state index < -0.39 is 16.1 Å². The van der Waals surface area contributed by atoms with E-state index in [0.29, 0.717) is 5.56 Å². The number of rotatable bonds is 5. The van der Waals surface area contributed by atoms with Crippen molar-refractivity contribution in [1.29, 1.82) is 0 Å². The van der Waals surface area contributed by atoms with Gasteiger partial charge in [-0.3, -0.25) is 0 Å². The first-order valence-corrected chi connectivity index (χ1v) is 8.55. The minimum Gasteiger partial charge on any atom is -0.243 e. The van der Waals surface area contributed by atoms with Gasteiger partial charge in [0.25, 0.3) is 0 Å². The fourth-order valence-electron chi connectivity index (χ4n) is 2.02. The van der Waals surface area contributed by atoms with Crippen molar-refractivity contribution in [2.45, 2.75) is 24.8 Å². The SMILES string of the molecule is CC(C)C(NS(=O)(=O)c1ccc(Cl)nc1)c1ccc(F)cc1. The molecule has 0 amide bonds. The molecule has 118 valence electrons. The largest absolute Gasteiger partial charge is 0.243 e. The quantitative estimate of drug-likeness (QED) is 0.845. The smallest absolute Gasteiger partial charge is 0.242 e. The Balaban J connectivity index is 2.31. The van der Waals surface area contributed by atoms with Crippen LogP contribution >= 0.6 is 11.6 Å². The van der Waals surface area contributed by atoms with Crippen LogP contribution in [0.3, 0.4) is 0 Å². The summed E-state index contributed by atoms with van der Waals surface area (Å²) in [4.78, 5) is 3.81. The normalized spacial score (nSPS) is 13.3. The second kappa shape index (κ2) is 6.73. The molecule has 1 heterocycles. The molecule has 2 aromatic rings. The summed E-state index contributed by atoms with van der Waals surface area (Å²) in [5, 5.41) is 0.220. The zero-order valence-corrected chi connectivity index (χ0v) is 13.7. The lowest BCUT2D eigenvalue weighted by molar-refractivity contribution is 0.462. The van der Waals surface area contributed by atoms with Crippen LogP contribution in [0.5, 0.6) is 0 Å². The van der Waals surface area contributed by atoms with Crippen molar-refractivity contribution in [1.82, 2.24) is 9.71 Å². The summed E-state index contributed by atoms with van der Waals surface area (Å²) in [6.07, 6.45) is 1.20. The lowest BCUT2D eigenvalue weighted by Gasteiger charge is -2.22. The number of pyridine rings is 1. The summed E-state index contributed by atoms with van der Waals surface area (Å²) in [6.45, 7) is 3.77. The average Bonchev–Trinajstić information content (AvgIpc) is 2.46. The molecule has 1 atom stereocenters. The average molecular weight is 343 g/mol. The molecular formula is C15H16ClFN2O2S. The van der Waals surface area contributed by atoms with Crippen molar-refractivity contribution >= 4 is 21.6 Å². The molecule has 0 saturated carbocycles. The Kier molecular flexibility index (Phi) is 5.16. The monoisotopic (exact) mass is 342 g/mol. The lowest BCUT2D eigenvalue weighted by Crippen LogP contribution is -2.31. The molecule has 0 saturated heterocycles. The number of nitrogens with one attached hydrogen (secondary N) is 1. The third-order valence-electron chi connectivity index (χ3n) is 3.19. The molecule has 0 fully saturated rings. The molecular weight excluding hydrogens is 327 g/mol. The van der Waals surface area contributed by atoms with Gasteiger partial charge in [-0.05, 0) is 35.7 Å². The van der Waals surface area contributed by atoms with Gasteiger partial charge in [0, 0.05) is 12.2 Å². The van der Waals surface area contributed by atoms with Gasteiger partial charge in [0.1, 0.15) is 15.9 Å². The summed E-state index contributed by atoms with van der Waals surface area (Å²) in [5.41, 5.74) is 0.696. The van der Waals surface area contributed by atoms with Crippen molar-refractivity contribution < 1.29 is 12.8 Å². The van der Waals surface area contributed by atoms with Crippen LogP contribution < -0.4 is 4.72 Å². The molecule has 0 aliphatic heterocycles. The molecule has 7 heteroatoms. The molecule has 0 bridgehead atoms. The van der Waals surface area contributed by atoms with Crippen LogP contribution in [0, 0.1) is 11.7 Å². The third-order valence-corrected chi connectivity index (χ3v) is 4.84. The molecule has 22 heavy (non-hydrogen) atoms. The van der Waals surface area contributed by atoms with Crippen LogP contribution in [0.25, 0.3) is 0 Å². The van der Waals surface area contributed by atoms with E-state index in [1.54, 1.807) is 12.1 Å². The van der Waals surface area contributed by atoms with Crippen LogP contribution in [0.4, 0.5) is 4.39 Å². The summed E-state index contributed by atoms with van der Waals surface area (Å²) >= 11 is 5.67. The standard InChI is InChI=1S/C15H16ClFN2O2S/c1-10(2)15(11-3-5-12(17)6-4-11)19-22(20,21)13-7-8-14(16)18-9-13/h3-10,15,19H,1-2H3. The summed E-state index contributed by atoms with van der Waals surface area (Å²) in [5.74, 6) is -0.378. The van der Waals surface area contributed by atoms with Gasteiger partial charge in [-0.2, -0.15) is 0 Å². The topological polar surface area (TPSA) is 59.1 Å². The van der Waals surface area contributed by atoms with Gasteiger partial charge in [-0.1, -0.05) is 37.6 Å². The maximum absolute atomic E-state index is 13.0. The van der Waals surface area contributed by atoms with Gasteiger partial charge >= 0.3 is 0 Å². The molecule has 1 unspecified atom stereocenters. The number of benzene rings is 1. The predicted molar refractivity (Wildman–Crippen MR) is 83.5 cm³/mol. The number of hydrogen-bond donors (Lipinski definition) is 1. The molecule has 1 aromatic heterocycles. The molecule has 2 rings (SSSR count). The van der Waals surface area contributed by atoms with Gasteiger partial charge < -0.3 is 0 Å². The van der Waals surface area contributed by atoms with Gasteiger partial charge in [0.15, 0.2) is 0 Å². The second-order valence-corrected chi connectivity index (χ2v) is 7.31. The molecule has 0 aliphatic rings. The van der Waals surface area contributed by atoms with Gasteiger partial charge in [0.2, 0.25) is 10.0 Å².